The Hall–Kier alpha value is -1.11. The fraction of sp³-hybridized carbons (Fsp3) is 0.417. The van der Waals surface area contributed by atoms with Crippen LogP contribution in [-0.2, 0) is 11.2 Å². The summed E-state index contributed by atoms with van der Waals surface area (Å²) in [6.45, 7) is 0. The minimum Gasteiger partial charge on any atom is -0.303 e. The summed E-state index contributed by atoms with van der Waals surface area (Å²) in [6, 6.07) is 8.66. The van der Waals surface area contributed by atoms with Gasteiger partial charge in [-0.15, -0.1) is 0 Å². The van der Waals surface area contributed by atoms with Crippen LogP contribution in [-0.4, -0.2) is 6.29 Å². The van der Waals surface area contributed by atoms with Gasteiger partial charge >= 0.3 is 0 Å². The molecule has 0 spiro atoms. The molecule has 0 radical (unpaired) electrons. The average Bonchev–Trinajstić information content (AvgIpc) is 2.98. The van der Waals surface area contributed by atoms with Gasteiger partial charge in [-0.25, -0.2) is 0 Å². The molecule has 1 fully saturated rings. The molecule has 1 heteroatoms. The lowest BCUT2D eigenvalue weighted by Gasteiger charge is -2.01. The van der Waals surface area contributed by atoms with E-state index in [4.69, 9.17) is 0 Å². The normalized spacial score (nSPS) is 15.7. The lowest BCUT2D eigenvalue weighted by atomic mass is 10.0. The Morgan fingerprint density at radius 2 is 2.23 bits per heavy atom. The second-order valence-electron chi connectivity index (χ2n) is 3.72. The maximum atomic E-state index is 10.2. The van der Waals surface area contributed by atoms with Crippen LogP contribution in [0, 0.1) is 0 Å². The molecule has 13 heavy (non-hydrogen) atoms. The van der Waals surface area contributed by atoms with Crippen molar-refractivity contribution in [2.45, 2.75) is 31.6 Å². The molecule has 1 aromatic carbocycles. The first kappa shape index (κ1) is 8.49. The fourth-order valence-corrected chi connectivity index (χ4v) is 1.64. The number of hydrogen-bond donors (Lipinski definition) is 0. The number of benzene rings is 1. The molecule has 0 aliphatic heterocycles. The van der Waals surface area contributed by atoms with Crippen LogP contribution in [0.1, 0.15) is 36.3 Å². The lowest BCUT2D eigenvalue weighted by molar-refractivity contribution is -0.107. The predicted molar refractivity (Wildman–Crippen MR) is 52.8 cm³/mol. The van der Waals surface area contributed by atoms with Gasteiger partial charge in [-0.2, -0.15) is 0 Å². The number of hydrogen-bond acceptors (Lipinski definition) is 1. The fourth-order valence-electron chi connectivity index (χ4n) is 1.64. The molecule has 0 atom stereocenters. The van der Waals surface area contributed by atoms with Crippen molar-refractivity contribution in [1.29, 1.82) is 0 Å². The molecule has 0 aromatic heterocycles. The van der Waals surface area contributed by atoms with Crippen LogP contribution in [0.15, 0.2) is 24.3 Å². The predicted octanol–water partition coefficient (Wildman–Crippen LogP) is 2.70. The average molecular weight is 174 g/mol. The molecular formula is C12H14O. The van der Waals surface area contributed by atoms with Crippen LogP contribution in [0.4, 0.5) is 0 Å². The first-order valence-electron chi connectivity index (χ1n) is 4.92. The van der Waals surface area contributed by atoms with E-state index in [-0.39, 0.29) is 0 Å². The van der Waals surface area contributed by atoms with Crippen molar-refractivity contribution < 1.29 is 4.79 Å². The molecular weight excluding hydrogens is 160 g/mol. The van der Waals surface area contributed by atoms with Gasteiger partial charge in [0.1, 0.15) is 6.29 Å². The van der Waals surface area contributed by atoms with E-state index in [2.05, 4.69) is 24.3 Å². The van der Waals surface area contributed by atoms with Crippen molar-refractivity contribution in [3.8, 4) is 0 Å². The van der Waals surface area contributed by atoms with Crippen LogP contribution in [0.5, 0.6) is 0 Å². The number of carbonyl (C=O) groups excluding carboxylic acids is 1. The van der Waals surface area contributed by atoms with Crippen LogP contribution in [0.2, 0.25) is 0 Å². The SMILES string of the molecule is O=CCCc1cccc(C2CC2)c1. The molecule has 0 heterocycles. The van der Waals surface area contributed by atoms with E-state index in [1.807, 2.05) is 0 Å². The summed E-state index contributed by atoms with van der Waals surface area (Å²) in [4.78, 5) is 10.2. The van der Waals surface area contributed by atoms with Gasteiger partial charge in [0.05, 0.1) is 0 Å². The summed E-state index contributed by atoms with van der Waals surface area (Å²) in [7, 11) is 0. The van der Waals surface area contributed by atoms with Gasteiger partial charge in [-0.1, -0.05) is 24.3 Å². The van der Waals surface area contributed by atoms with E-state index in [1.54, 1.807) is 0 Å². The molecule has 0 saturated heterocycles. The van der Waals surface area contributed by atoms with Gasteiger partial charge < -0.3 is 4.79 Å². The first-order chi connectivity index (χ1) is 6.40. The van der Waals surface area contributed by atoms with Crippen molar-refractivity contribution >= 4 is 6.29 Å². The molecule has 1 aliphatic rings. The molecule has 1 aromatic rings. The summed E-state index contributed by atoms with van der Waals surface area (Å²) < 4.78 is 0. The molecule has 0 amide bonds. The van der Waals surface area contributed by atoms with Crippen molar-refractivity contribution in [2.75, 3.05) is 0 Å². The van der Waals surface area contributed by atoms with Crippen molar-refractivity contribution in [1.82, 2.24) is 0 Å². The van der Waals surface area contributed by atoms with Gasteiger partial charge in [0.15, 0.2) is 0 Å². The third-order valence-corrected chi connectivity index (χ3v) is 2.55. The molecule has 0 N–H and O–H groups in total. The van der Waals surface area contributed by atoms with E-state index in [1.165, 1.54) is 24.0 Å². The number of aldehydes is 1. The Balaban J connectivity index is 2.07. The summed E-state index contributed by atoms with van der Waals surface area (Å²) in [6.07, 6.45) is 5.22. The highest BCUT2D eigenvalue weighted by molar-refractivity contribution is 5.50. The van der Waals surface area contributed by atoms with E-state index in [0.717, 1.165) is 18.6 Å². The third-order valence-electron chi connectivity index (χ3n) is 2.55. The third kappa shape index (κ3) is 2.18. The van der Waals surface area contributed by atoms with Crippen molar-refractivity contribution in [3.05, 3.63) is 35.4 Å². The Morgan fingerprint density at radius 1 is 1.38 bits per heavy atom. The second kappa shape index (κ2) is 3.73. The highest BCUT2D eigenvalue weighted by atomic mass is 16.1. The number of carbonyl (C=O) groups is 1. The quantitative estimate of drug-likeness (QED) is 0.641. The van der Waals surface area contributed by atoms with Gasteiger partial charge in [0.2, 0.25) is 0 Å². The maximum absolute atomic E-state index is 10.2. The monoisotopic (exact) mass is 174 g/mol. The Bertz CT molecular complexity index is 300. The largest absolute Gasteiger partial charge is 0.303 e. The van der Waals surface area contributed by atoms with Crippen LogP contribution in [0.3, 0.4) is 0 Å². The standard InChI is InChI=1S/C12H14O/c13-8-2-4-10-3-1-5-12(9-10)11-6-7-11/h1,3,5,8-9,11H,2,4,6-7H2. The van der Waals surface area contributed by atoms with Crippen LogP contribution in [0.25, 0.3) is 0 Å². The Kier molecular flexibility index (Phi) is 2.44. The molecule has 1 saturated carbocycles. The lowest BCUT2D eigenvalue weighted by Crippen LogP contribution is -1.88. The van der Waals surface area contributed by atoms with E-state index >= 15 is 0 Å². The summed E-state index contributed by atoms with van der Waals surface area (Å²) in [5.74, 6) is 0.816. The Labute approximate surface area is 78.8 Å². The van der Waals surface area contributed by atoms with Gasteiger partial charge in [0.25, 0.3) is 0 Å². The second-order valence-corrected chi connectivity index (χ2v) is 3.72. The zero-order chi connectivity index (χ0) is 9.10. The van der Waals surface area contributed by atoms with E-state index in [0.29, 0.717) is 6.42 Å². The minimum absolute atomic E-state index is 0.647. The molecule has 1 aliphatic carbocycles. The van der Waals surface area contributed by atoms with Crippen molar-refractivity contribution in [3.63, 3.8) is 0 Å². The van der Waals surface area contributed by atoms with Gasteiger partial charge in [-0.3, -0.25) is 0 Å². The highest BCUT2D eigenvalue weighted by Gasteiger charge is 2.23. The molecule has 0 unspecified atom stereocenters. The van der Waals surface area contributed by atoms with Gasteiger partial charge in [0, 0.05) is 6.42 Å². The Morgan fingerprint density at radius 3 is 2.92 bits per heavy atom. The summed E-state index contributed by atoms with van der Waals surface area (Å²) in [5, 5.41) is 0. The van der Waals surface area contributed by atoms with E-state index in [9.17, 15) is 4.79 Å². The highest BCUT2D eigenvalue weighted by Crippen LogP contribution is 2.40. The topological polar surface area (TPSA) is 17.1 Å². The summed E-state index contributed by atoms with van der Waals surface area (Å²) in [5.41, 5.74) is 2.76. The number of aryl methyl sites for hydroxylation is 1. The zero-order valence-corrected chi connectivity index (χ0v) is 7.70. The minimum atomic E-state index is 0.647. The summed E-state index contributed by atoms with van der Waals surface area (Å²) >= 11 is 0. The molecule has 68 valence electrons. The van der Waals surface area contributed by atoms with Crippen LogP contribution >= 0.6 is 0 Å². The molecule has 1 nitrogen and oxygen atoms in total. The first-order valence-corrected chi connectivity index (χ1v) is 4.92. The van der Waals surface area contributed by atoms with E-state index < -0.39 is 0 Å². The smallest absolute Gasteiger partial charge is 0.120 e. The zero-order valence-electron chi connectivity index (χ0n) is 7.70. The molecule has 0 bridgehead atoms. The number of rotatable bonds is 4. The van der Waals surface area contributed by atoms with Crippen molar-refractivity contribution in [2.24, 2.45) is 0 Å². The van der Waals surface area contributed by atoms with Crippen LogP contribution < -0.4 is 0 Å². The molecule has 2 rings (SSSR count). The van der Waals surface area contributed by atoms with Gasteiger partial charge in [-0.05, 0) is 36.3 Å². The maximum Gasteiger partial charge on any atom is 0.120 e.